The molecule has 4 rings (SSSR count). The Bertz CT molecular complexity index is 1160. The van der Waals surface area contributed by atoms with Crippen LogP contribution in [-0.2, 0) is 17.8 Å². The normalized spacial score (nSPS) is 13.5. The van der Waals surface area contributed by atoms with Crippen molar-refractivity contribution in [1.82, 2.24) is 15.0 Å². The maximum atomic E-state index is 12.2. The number of amides is 1. The number of carbonyl (C=O) groups excluding carboxylic acids is 1. The van der Waals surface area contributed by atoms with Crippen LogP contribution >= 0.6 is 15.9 Å². The van der Waals surface area contributed by atoms with Crippen LogP contribution in [0.1, 0.15) is 30.5 Å². The lowest BCUT2D eigenvalue weighted by Gasteiger charge is -2.29. The van der Waals surface area contributed by atoms with Gasteiger partial charge >= 0.3 is 0 Å². The zero-order chi connectivity index (χ0) is 22.9. The van der Waals surface area contributed by atoms with Gasteiger partial charge in [-0.05, 0) is 68.1 Å². The van der Waals surface area contributed by atoms with Crippen LogP contribution in [0.5, 0.6) is 0 Å². The number of nitrogens with one attached hydrogen (secondary N) is 2. The number of fused-ring (bicyclic) bond motifs is 1. The summed E-state index contributed by atoms with van der Waals surface area (Å²) in [6.45, 7) is 6.34. The smallest absolute Gasteiger partial charge is 0.255 e. The molecule has 0 spiro atoms. The molecule has 166 valence electrons. The van der Waals surface area contributed by atoms with E-state index in [4.69, 9.17) is 0 Å². The highest BCUT2D eigenvalue weighted by molar-refractivity contribution is 9.10. The standard InChI is InChI=1S/C23H25BrN6O2/c1-14-18(27-20(31)23(2,3)32)5-4-6-19(14)28-21-25-13-26-22(29-21)30-10-9-15-11-17(24)8-7-16(15)12-30/h4-8,11,13,32H,9-10,12H2,1-3H3,(H,27,31)(H,25,26,28,29). The highest BCUT2D eigenvalue weighted by atomic mass is 79.9. The van der Waals surface area contributed by atoms with Crippen molar-refractivity contribution in [1.29, 1.82) is 0 Å². The lowest BCUT2D eigenvalue weighted by molar-refractivity contribution is -0.130. The van der Waals surface area contributed by atoms with Gasteiger partial charge in [0, 0.05) is 28.9 Å². The molecule has 2 heterocycles. The van der Waals surface area contributed by atoms with E-state index in [9.17, 15) is 9.90 Å². The third-order valence-corrected chi connectivity index (χ3v) is 5.90. The SMILES string of the molecule is Cc1c(NC(=O)C(C)(C)O)cccc1Nc1ncnc(N2CCc3cc(Br)ccc3C2)n1. The molecule has 0 saturated heterocycles. The van der Waals surface area contributed by atoms with Gasteiger partial charge in [-0.3, -0.25) is 4.79 Å². The number of nitrogens with zero attached hydrogens (tertiary/aromatic N) is 4. The Morgan fingerprint density at radius 2 is 1.94 bits per heavy atom. The van der Waals surface area contributed by atoms with Crippen LogP contribution in [0.4, 0.5) is 23.3 Å². The molecule has 0 fully saturated rings. The van der Waals surface area contributed by atoms with Gasteiger partial charge in [0.05, 0.1) is 0 Å². The Balaban J connectivity index is 1.52. The summed E-state index contributed by atoms with van der Waals surface area (Å²) in [4.78, 5) is 27.5. The second kappa shape index (κ2) is 8.84. The number of rotatable bonds is 5. The van der Waals surface area contributed by atoms with Crippen molar-refractivity contribution in [2.75, 3.05) is 22.1 Å². The minimum Gasteiger partial charge on any atom is -0.381 e. The largest absolute Gasteiger partial charge is 0.381 e. The van der Waals surface area contributed by atoms with E-state index in [-0.39, 0.29) is 0 Å². The maximum absolute atomic E-state index is 12.2. The van der Waals surface area contributed by atoms with Crippen LogP contribution in [0.25, 0.3) is 0 Å². The molecule has 2 aromatic carbocycles. The van der Waals surface area contributed by atoms with Gasteiger partial charge in [0.1, 0.15) is 11.9 Å². The number of hydrogen-bond acceptors (Lipinski definition) is 7. The fraction of sp³-hybridized carbons (Fsp3) is 0.304. The van der Waals surface area contributed by atoms with E-state index in [0.29, 0.717) is 17.6 Å². The third kappa shape index (κ3) is 4.89. The number of aliphatic hydroxyl groups is 1. The summed E-state index contributed by atoms with van der Waals surface area (Å²) >= 11 is 3.53. The zero-order valence-corrected chi connectivity index (χ0v) is 19.8. The van der Waals surface area contributed by atoms with Crippen molar-refractivity contribution in [2.24, 2.45) is 0 Å². The number of halogens is 1. The topological polar surface area (TPSA) is 103 Å². The second-order valence-electron chi connectivity index (χ2n) is 8.31. The molecule has 0 bridgehead atoms. The van der Waals surface area contributed by atoms with E-state index in [1.165, 1.54) is 31.3 Å². The van der Waals surface area contributed by atoms with Gasteiger partial charge in [0.15, 0.2) is 0 Å². The first-order chi connectivity index (χ1) is 15.2. The fourth-order valence-electron chi connectivity index (χ4n) is 3.49. The van der Waals surface area contributed by atoms with Crippen molar-refractivity contribution in [3.63, 3.8) is 0 Å². The zero-order valence-electron chi connectivity index (χ0n) is 18.2. The van der Waals surface area contributed by atoms with Gasteiger partial charge < -0.3 is 20.6 Å². The van der Waals surface area contributed by atoms with E-state index < -0.39 is 11.5 Å². The van der Waals surface area contributed by atoms with Gasteiger partial charge in [-0.25, -0.2) is 9.97 Å². The Hall–Kier alpha value is -3.04. The van der Waals surface area contributed by atoms with Gasteiger partial charge in [-0.15, -0.1) is 0 Å². The first-order valence-electron chi connectivity index (χ1n) is 10.3. The van der Waals surface area contributed by atoms with Gasteiger partial charge in [0.25, 0.3) is 5.91 Å². The van der Waals surface area contributed by atoms with E-state index in [0.717, 1.165) is 35.2 Å². The minimum absolute atomic E-state index is 0.422. The van der Waals surface area contributed by atoms with E-state index in [2.05, 4.69) is 64.6 Å². The van der Waals surface area contributed by atoms with Crippen LogP contribution in [0, 0.1) is 6.92 Å². The highest BCUT2D eigenvalue weighted by Gasteiger charge is 2.24. The third-order valence-electron chi connectivity index (χ3n) is 5.41. The molecule has 1 amide bonds. The van der Waals surface area contributed by atoms with Crippen molar-refractivity contribution in [2.45, 2.75) is 39.3 Å². The van der Waals surface area contributed by atoms with Crippen LogP contribution in [0.15, 0.2) is 47.2 Å². The van der Waals surface area contributed by atoms with Crippen LogP contribution in [-0.4, -0.2) is 38.1 Å². The van der Waals surface area contributed by atoms with Gasteiger partial charge in [0.2, 0.25) is 11.9 Å². The van der Waals surface area contributed by atoms with Crippen molar-refractivity contribution >= 4 is 45.1 Å². The fourth-order valence-corrected chi connectivity index (χ4v) is 3.90. The Kier molecular flexibility index (Phi) is 6.12. The number of carbonyl (C=O) groups is 1. The maximum Gasteiger partial charge on any atom is 0.255 e. The first-order valence-corrected chi connectivity index (χ1v) is 11.1. The van der Waals surface area contributed by atoms with Crippen LogP contribution in [0.3, 0.4) is 0 Å². The molecule has 8 nitrogen and oxygen atoms in total. The molecule has 0 unspecified atom stereocenters. The Morgan fingerprint density at radius 1 is 1.16 bits per heavy atom. The summed E-state index contributed by atoms with van der Waals surface area (Å²) in [5, 5.41) is 15.9. The molecule has 1 aliphatic heterocycles. The van der Waals surface area contributed by atoms with E-state index in [1.807, 2.05) is 19.1 Å². The van der Waals surface area contributed by atoms with E-state index in [1.54, 1.807) is 6.07 Å². The summed E-state index contributed by atoms with van der Waals surface area (Å²) in [6, 6.07) is 11.8. The Morgan fingerprint density at radius 3 is 2.72 bits per heavy atom. The predicted octanol–water partition coefficient (Wildman–Crippen LogP) is 3.96. The lowest BCUT2D eigenvalue weighted by Crippen LogP contribution is -2.36. The van der Waals surface area contributed by atoms with Crippen LogP contribution in [0.2, 0.25) is 0 Å². The number of hydrogen-bond donors (Lipinski definition) is 3. The summed E-state index contributed by atoms with van der Waals surface area (Å²) < 4.78 is 1.09. The average Bonchev–Trinajstić information content (AvgIpc) is 2.75. The molecule has 9 heteroatoms. The summed E-state index contributed by atoms with van der Waals surface area (Å²) in [7, 11) is 0. The van der Waals surface area contributed by atoms with Crippen molar-refractivity contribution < 1.29 is 9.90 Å². The average molecular weight is 497 g/mol. The minimum atomic E-state index is -1.47. The number of aromatic nitrogens is 3. The lowest BCUT2D eigenvalue weighted by atomic mass is 10.0. The Labute approximate surface area is 195 Å². The molecule has 32 heavy (non-hydrogen) atoms. The molecule has 1 aromatic heterocycles. The van der Waals surface area contributed by atoms with Crippen LogP contribution < -0.4 is 15.5 Å². The first kappa shape index (κ1) is 22.2. The summed E-state index contributed by atoms with van der Waals surface area (Å²) in [5.74, 6) is 0.559. The molecule has 0 radical (unpaired) electrons. The monoisotopic (exact) mass is 496 g/mol. The molecule has 1 aliphatic rings. The van der Waals surface area contributed by atoms with Crippen molar-refractivity contribution in [3.05, 3.63) is 63.9 Å². The molecule has 3 aromatic rings. The highest BCUT2D eigenvalue weighted by Crippen LogP contribution is 2.28. The molecule has 0 aliphatic carbocycles. The molecule has 0 atom stereocenters. The second-order valence-corrected chi connectivity index (χ2v) is 9.23. The molecular formula is C23H25BrN6O2. The van der Waals surface area contributed by atoms with E-state index >= 15 is 0 Å². The summed E-state index contributed by atoms with van der Waals surface area (Å²) in [5.41, 5.74) is 3.30. The van der Waals surface area contributed by atoms with Gasteiger partial charge in [-0.2, -0.15) is 4.98 Å². The predicted molar refractivity (Wildman–Crippen MR) is 128 cm³/mol. The van der Waals surface area contributed by atoms with Gasteiger partial charge in [-0.1, -0.05) is 28.1 Å². The number of benzene rings is 2. The molecular weight excluding hydrogens is 472 g/mol. The molecule has 3 N–H and O–H groups in total. The number of anilines is 4. The molecule has 0 saturated carbocycles. The van der Waals surface area contributed by atoms with Crippen molar-refractivity contribution in [3.8, 4) is 0 Å². The quantitative estimate of drug-likeness (QED) is 0.491. The summed E-state index contributed by atoms with van der Waals surface area (Å²) in [6.07, 6.45) is 2.42.